The zero-order valence-electron chi connectivity index (χ0n) is 4.10. The molecule has 0 atom stereocenters. The first-order valence-electron chi connectivity index (χ1n) is 2.16. The third-order valence-electron chi connectivity index (χ3n) is 0.843. The molecule has 3 heteroatoms. The number of halogens is 1. The molecule has 0 saturated carbocycles. The van der Waals surface area contributed by atoms with Crippen LogP contribution in [0.3, 0.4) is 0 Å². The maximum absolute atomic E-state index is 8.88. The molecular formula is C5H5ClOS. The summed E-state index contributed by atoms with van der Waals surface area (Å²) in [6.45, 7) is 0. The molecule has 0 aliphatic heterocycles. The molecule has 0 amide bonds. The minimum atomic E-state index is 0.310. The highest BCUT2D eigenvalue weighted by atomic mass is 35.5. The lowest BCUT2D eigenvalue weighted by Gasteiger charge is -1.85. The molecule has 1 aromatic rings. The van der Waals surface area contributed by atoms with Crippen molar-refractivity contribution in [3.8, 4) is 5.75 Å². The normalized spacial score (nSPS) is 9.62. The van der Waals surface area contributed by atoms with Gasteiger partial charge in [-0.15, -0.1) is 22.9 Å². The third-order valence-corrected chi connectivity index (χ3v) is 2.18. The Morgan fingerprint density at radius 3 is 2.75 bits per heavy atom. The second-order valence-corrected chi connectivity index (χ2v) is 2.63. The van der Waals surface area contributed by atoms with E-state index in [1.54, 1.807) is 6.07 Å². The second-order valence-electron chi connectivity index (χ2n) is 1.36. The van der Waals surface area contributed by atoms with Crippen LogP contribution in [-0.4, -0.2) is 5.11 Å². The van der Waals surface area contributed by atoms with Gasteiger partial charge in [0.25, 0.3) is 0 Å². The van der Waals surface area contributed by atoms with Gasteiger partial charge in [-0.25, -0.2) is 0 Å². The van der Waals surface area contributed by atoms with Gasteiger partial charge in [0, 0.05) is 0 Å². The molecule has 0 aliphatic rings. The SMILES string of the molecule is Oc1ccsc1CCl. The zero-order valence-corrected chi connectivity index (χ0v) is 5.67. The van der Waals surface area contributed by atoms with Gasteiger partial charge in [-0.2, -0.15) is 0 Å². The summed E-state index contributed by atoms with van der Waals surface area (Å²) in [5.41, 5.74) is 0. The number of hydrogen-bond donors (Lipinski definition) is 1. The van der Waals surface area contributed by atoms with E-state index in [1.807, 2.05) is 5.38 Å². The minimum Gasteiger partial charge on any atom is -0.507 e. The van der Waals surface area contributed by atoms with Gasteiger partial charge in [0.05, 0.1) is 10.8 Å². The quantitative estimate of drug-likeness (QED) is 0.606. The first kappa shape index (κ1) is 5.92. The van der Waals surface area contributed by atoms with Crippen molar-refractivity contribution in [2.75, 3.05) is 0 Å². The summed E-state index contributed by atoms with van der Waals surface area (Å²) in [6, 6.07) is 1.64. The monoisotopic (exact) mass is 148 g/mol. The van der Waals surface area contributed by atoms with Crippen LogP contribution in [0.1, 0.15) is 4.88 Å². The van der Waals surface area contributed by atoms with Crippen LogP contribution in [0.15, 0.2) is 11.4 Å². The van der Waals surface area contributed by atoms with Crippen LogP contribution in [0.5, 0.6) is 5.75 Å². The molecule has 8 heavy (non-hydrogen) atoms. The first-order valence-corrected chi connectivity index (χ1v) is 3.57. The smallest absolute Gasteiger partial charge is 0.130 e. The van der Waals surface area contributed by atoms with E-state index in [0.29, 0.717) is 11.6 Å². The number of thiophene rings is 1. The van der Waals surface area contributed by atoms with Crippen molar-refractivity contribution < 1.29 is 5.11 Å². The second kappa shape index (κ2) is 2.37. The third kappa shape index (κ3) is 0.956. The van der Waals surface area contributed by atoms with Crippen LogP contribution < -0.4 is 0 Å². The Kier molecular flexibility index (Phi) is 1.76. The molecular weight excluding hydrogens is 144 g/mol. The molecule has 44 valence electrons. The Bertz CT molecular complexity index is 173. The maximum Gasteiger partial charge on any atom is 0.130 e. The number of aromatic hydroxyl groups is 1. The Balaban J connectivity index is 2.92. The Morgan fingerprint density at radius 2 is 2.50 bits per heavy atom. The molecule has 0 fully saturated rings. The molecule has 1 heterocycles. The lowest BCUT2D eigenvalue weighted by atomic mass is 10.5. The van der Waals surface area contributed by atoms with E-state index in [9.17, 15) is 0 Å². The lowest BCUT2D eigenvalue weighted by Crippen LogP contribution is -1.64. The Hall–Kier alpha value is -0.210. The highest BCUT2D eigenvalue weighted by molar-refractivity contribution is 7.10. The first-order chi connectivity index (χ1) is 3.84. The van der Waals surface area contributed by atoms with E-state index in [0.717, 1.165) is 4.88 Å². The van der Waals surface area contributed by atoms with Gasteiger partial charge >= 0.3 is 0 Å². The molecule has 1 nitrogen and oxygen atoms in total. The van der Waals surface area contributed by atoms with E-state index in [4.69, 9.17) is 16.7 Å². The van der Waals surface area contributed by atoms with Crippen LogP contribution in [0.4, 0.5) is 0 Å². The highest BCUT2D eigenvalue weighted by Gasteiger charge is 1.97. The molecule has 1 aromatic heterocycles. The van der Waals surface area contributed by atoms with Gasteiger partial charge in [-0.1, -0.05) is 0 Å². The number of rotatable bonds is 1. The van der Waals surface area contributed by atoms with Crippen molar-refractivity contribution in [1.29, 1.82) is 0 Å². The molecule has 0 spiro atoms. The van der Waals surface area contributed by atoms with E-state index >= 15 is 0 Å². The highest BCUT2D eigenvalue weighted by Crippen LogP contribution is 2.24. The summed E-state index contributed by atoms with van der Waals surface area (Å²) in [5.74, 6) is 0.716. The number of hydrogen-bond acceptors (Lipinski definition) is 2. The van der Waals surface area contributed by atoms with E-state index in [-0.39, 0.29) is 0 Å². The van der Waals surface area contributed by atoms with Crippen LogP contribution in [0, 0.1) is 0 Å². The summed E-state index contributed by atoms with van der Waals surface area (Å²) in [6.07, 6.45) is 0. The fraction of sp³-hybridized carbons (Fsp3) is 0.200. The van der Waals surface area contributed by atoms with Gasteiger partial charge in [0.15, 0.2) is 0 Å². The average molecular weight is 149 g/mol. The van der Waals surface area contributed by atoms with Crippen molar-refractivity contribution >= 4 is 22.9 Å². The maximum atomic E-state index is 8.88. The molecule has 0 saturated heterocycles. The average Bonchev–Trinajstić information content (AvgIpc) is 2.14. The Morgan fingerprint density at radius 1 is 1.75 bits per heavy atom. The predicted molar refractivity (Wildman–Crippen MR) is 35.5 cm³/mol. The standard InChI is InChI=1S/C5H5ClOS/c6-3-5-4(7)1-2-8-5/h1-2,7H,3H2. The van der Waals surface area contributed by atoms with Gasteiger partial charge < -0.3 is 5.11 Å². The fourth-order valence-electron chi connectivity index (χ4n) is 0.434. The summed E-state index contributed by atoms with van der Waals surface area (Å²) in [5, 5.41) is 10.7. The van der Waals surface area contributed by atoms with E-state index in [2.05, 4.69) is 0 Å². The van der Waals surface area contributed by atoms with Gasteiger partial charge in [-0.05, 0) is 11.4 Å². The van der Waals surface area contributed by atoms with Gasteiger partial charge in [0.2, 0.25) is 0 Å². The van der Waals surface area contributed by atoms with Crippen LogP contribution in [0.25, 0.3) is 0 Å². The summed E-state index contributed by atoms with van der Waals surface area (Å²) in [4.78, 5) is 0.840. The van der Waals surface area contributed by atoms with Crippen molar-refractivity contribution in [2.45, 2.75) is 5.88 Å². The van der Waals surface area contributed by atoms with E-state index < -0.39 is 0 Å². The van der Waals surface area contributed by atoms with Crippen LogP contribution in [-0.2, 0) is 5.88 Å². The summed E-state index contributed by atoms with van der Waals surface area (Å²) >= 11 is 6.89. The molecule has 0 radical (unpaired) electrons. The van der Waals surface area contributed by atoms with Crippen LogP contribution in [0.2, 0.25) is 0 Å². The van der Waals surface area contributed by atoms with Crippen molar-refractivity contribution in [1.82, 2.24) is 0 Å². The van der Waals surface area contributed by atoms with Crippen molar-refractivity contribution in [2.24, 2.45) is 0 Å². The summed E-state index contributed by atoms with van der Waals surface area (Å²) < 4.78 is 0. The molecule has 0 bridgehead atoms. The van der Waals surface area contributed by atoms with Crippen molar-refractivity contribution in [3.63, 3.8) is 0 Å². The van der Waals surface area contributed by atoms with Crippen LogP contribution >= 0.6 is 22.9 Å². The molecule has 1 N–H and O–H groups in total. The molecule has 0 unspecified atom stereocenters. The van der Waals surface area contributed by atoms with Gasteiger partial charge in [-0.3, -0.25) is 0 Å². The largest absolute Gasteiger partial charge is 0.507 e. The van der Waals surface area contributed by atoms with E-state index in [1.165, 1.54) is 11.3 Å². The fourth-order valence-corrected chi connectivity index (χ4v) is 1.37. The molecule has 0 aliphatic carbocycles. The number of alkyl halides is 1. The van der Waals surface area contributed by atoms with Gasteiger partial charge in [0.1, 0.15) is 5.75 Å². The van der Waals surface area contributed by atoms with Crippen molar-refractivity contribution in [3.05, 3.63) is 16.3 Å². The lowest BCUT2D eigenvalue weighted by molar-refractivity contribution is 0.474. The topological polar surface area (TPSA) is 20.2 Å². The molecule has 1 rings (SSSR count). The molecule has 0 aromatic carbocycles. The summed E-state index contributed by atoms with van der Waals surface area (Å²) in [7, 11) is 0. The Labute approximate surface area is 56.5 Å². The minimum absolute atomic E-state index is 0.310. The predicted octanol–water partition coefficient (Wildman–Crippen LogP) is 2.19. The zero-order chi connectivity index (χ0) is 5.98.